The van der Waals surface area contributed by atoms with E-state index in [0.29, 0.717) is 17.2 Å². The van der Waals surface area contributed by atoms with Crippen molar-refractivity contribution in [2.75, 3.05) is 16.4 Å². The van der Waals surface area contributed by atoms with Crippen LogP contribution in [0.2, 0.25) is 0 Å². The first-order valence-corrected chi connectivity index (χ1v) is 7.70. The maximum absolute atomic E-state index is 9.48. The number of rotatable bonds is 3. The second-order valence-corrected chi connectivity index (χ2v) is 5.42. The van der Waals surface area contributed by atoms with E-state index in [0.717, 1.165) is 11.4 Å². The Morgan fingerprint density at radius 1 is 0.962 bits per heavy atom. The zero-order valence-electron chi connectivity index (χ0n) is 13.7. The van der Waals surface area contributed by atoms with Crippen molar-refractivity contribution in [1.29, 1.82) is 10.5 Å². The molecule has 0 unspecified atom stereocenters. The highest BCUT2D eigenvalue weighted by atomic mass is 15.2. The van der Waals surface area contributed by atoms with Crippen LogP contribution in [0.5, 0.6) is 0 Å². The number of amidine groups is 1. The van der Waals surface area contributed by atoms with Gasteiger partial charge in [0, 0.05) is 0 Å². The van der Waals surface area contributed by atoms with Crippen molar-refractivity contribution < 1.29 is 0 Å². The average molecular weight is 341 g/mol. The Morgan fingerprint density at radius 3 is 2.15 bits per heavy atom. The van der Waals surface area contributed by atoms with Crippen molar-refractivity contribution in [3.05, 3.63) is 71.6 Å². The zero-order valence-corrected chi connectivity index (χ0v) is 13.7. The summed E-state index contributed by atoms with van der Waals surface area (Å²) in [6.07, 6.45) is 1.39. The highest BCUT2D eigenvalue weighted by molar-refractivity contribution is 6.03. The molecular formula is C19H15N7. The Kier molecular flexibility index (Phi) is 4.55. The Hall–Kier alpha value is -4.23. The molecule has 0 radical (unpaired) electrons. The first-order valence-electron chi connectivity index (χ1n) is 7.70. The van der Waals surface area contributed by atoms with Gasteiger partial charge in [0.1, 0.15) is 23.8 Å². The van der Waals surface area contributed by atoms with E-state index >= 15 is 0 Å². The van der Waals surface area contributed by atoms with E-state index in [-0.39, 0.29) is 17.0 Å². The molecule has 2 aromatic rings. The second kappa shape index (κ2) is 7.12. The summed E-state index contributed by atoms with van der Waals surface area (Å²) >= 11 is 0. The van der Waals surface area contributed by atoms with Gasteiger partial charge in [-0.15, -0.1) is 0 Å². The van der Waals surface area contributed by atoms with Crippen molar-refractivity contribution in [2.24, 2.45) is 10.7 Å². The van der Waals surface area contributed by atoms with Gasteiger partial charge in [-0.2, -0.15) is 10.5 Å². The number of hydrogen-bond donors (Lipinski definition) is 4. The van der Waals surface area contributed by atoms with Gasteiger partial charge in [0.15, 0.2) is 0 Å². The van der Waals surface area contributed by atoms with E-state index in [1.165, 1.54) is 6.08 Å². The van der Waals surface area contributed by atoms with Gasteiger partial charge in [-0.05, 0) is 30.3 Å². The molecule has 0 aliphatic carbocycles. The van der Waals surface area contributed by atoms with E-state index in [1.54, 1.807) is 24.3 Å². The van der Waals surface area contributed by atoms with Crippen molar-refractivity contribution in [2.45, 2.75) is 0 Å². The number of anilines is 3. The average Bonchev–Trinajstić information content (AvgIpc) is 3.08. The normalized spacial score (nSPS) is 13.1. The number of allylic oxidation sites excluding steroid dienone is 2. The van der Waals surface area contributed by atoms with Crippen LogP contribution < -0.4 is 22.1 Å². The van der Waals surface area contributed by atoms with Gasteiger partial charge in [-0.3, -0.25) is 0 Å². The second-order valence-electron chi connectivity index (χ2n) is 5.42. The Labute approximate surface area is 150 Å². The lowest BCUT2D eigenvalue weighted by molar-refractivity contribution is 1.38. The maximum Gasteiger partial charge on any atom is 0.142 e. The fourth-order valence-electron chi connectivity index (χ4n) is 2.38. The van der Waals surface area contributed by atoms with Gasteiger partial charge < -0.3 is 22.1 Å². The van der Waals surface area contributed by atoms with Crippen LogP contribution >= 0.6 is 0 Å². The molecule has 7 nitrogen and oxygen atoms in total. The van der Waals surface area contributed by atoms with Crippen LogP contribution in [0.25, 0.3) is 0 Å². The van der Waals surface area contributed by atoms with Gasteiger partial charge in [0.25, 0.3) is 0 Å². The van der Waals surface area contributed by atoms with Crippen LogP contribution in [0.1, 0.15) is 0 Å². The molecule has 26 heavy (non-hydrogen) atoms. The molecule has 6 N–H and O–H groups in total. The lowest BCUT2D eigenvalue weighted by Crippen LogP contribution is -2.14. The van der Waals surface area contributed by atoms with Gasteiger partial charge >= 0.3 is 0 Å². The molecule has 0 saturated heterocycles. The number of fused-ring (bicyclic) bond motifs is 1. The molecule has 0 spiro atoms. The summed E-state index contributed by atoms with van der Waals surface area (Å²) in [5.41, 5.74) is 14.7. The van der Waals surface area contributed by atoms with Crippen molar-refractivity contribution >= 4 is 28.6 Å². The molecular weight excluding hydrogens is 326 g/mol. The van der Waals surface area contributed by atoms with Crippen LogP contribution in [0, 0.1) is 22.7 Å². The van der Waals surface area contributed by atoms with Gasteiger partial charge in [-0.1, -0.05) is 24.3 Å². The predicted molar refractivity (Wildman–Crippen MR) is 102 cm³/mol. The van der Waals surface area contributed by atoms with Crippen molar-refractivity contribution in [1.82, 2.24) is 0 Å². The third-order valence-corrected chi connectivity index (χ3v) is 3.70. The largest absolute Gasteiger partial charge is 0.397 e. The molecule has 0 bridgehead atoms. The van der Waals surface area contributed by atoms with Crippen LogP contribution in [-0.2, 0) is 0 Å². The number of hydrogen-bond acceptors (Lipinski definition) is 6. The topological polar surface area (TPSA) is 136 Å². The Bertz CT molecular complexity index is 1010. The number of nitrogen functional groups attached to an aromatic ring is 1. The lowest BCUT2D eigenvalue weighted by atomic mass is 10.1. The van der Waals surface area contributed by atoms with Crippen LogP contribution in [-0.4, -0.2) is 5.84 Å². The highest BCUT2D eigenvalue weighted by Crippen LogP contribution is 2.31. The third-order valence-electron chi connectivity index (χ3n) is 3.70. The summed E-state index contributed by atoms with van der Waals surface area (Å²) < 4.78 is 0. The molecule has 2 aromatic carbocycles. The summed E-state index contributed by atoms with van der Waals surface area (Å²) in [6, 6.07) is 18.5. The molecule has 1 aliphatic heterocycles. The Morgan fingerprint density at radius 2 is 1.58 bits per heavy atom. The lowest BCUT2D eigenvalue weighted by Gasteiger charge is -2.04. The first kappa shape index (κ1) is 16.6. The standard InChI is InChI=1S/C19H15N7/c20-10-12(18(23)24-15-6-2-1-5-14(15)22)9-13(11-21)19-25-16-7-3-4-8-17(16)26-19/h1-9,25-26H,22H2,(H2,23,24)/b12-9+. The summed E-state index contributed by atoms with van der Waals surface area (Å²) in [6.45, 7) is 0. The van der Waals surface area contributed by atoms with Gasteiger partial charge in [-0.25, -0.2) is 4.99 Å². The number of para-hydroxylation sites is 4. The fourth-order valence-corrected chi connectivity index (χ4v) is 2.38. The highest BCUT2D eigenvalue weighted by Gasteiger charge is 2.17. The number of aliphatic imine (C=N–C) groups is 1. The van der Waals surface area contributed by atoms with Gasteiger partial charge in [0.05, 0.1) is 33.9 Å². The van der Waals surface area contributed by atoms with Gasteiger partial charge in [0.2, 0.25) is 0 Å². The number of benzene rings is 2. The number of nitrogens with two attached hydrogens (primary N) is 2. The smallest absolute Gasteiger partial charge is 0.142 e. The minimum absolute atomic E-state index is 0.0192. The molecule has 0 amide bonds. The molecule has 0 fully saturated rings. The molecule has 3 rings (SSSR count). The minimum Gasteiger partial charge on any atom is -0.397 e. The minimum atomic E-state index is -0.0192. The molecule has 1 heterocycles. The molecule has 0 atom stereocenters. The van der Waals surface area contributed by atoms with E-state index in [9.17, 15) is 10.5 Å². The summed E-state index contributed by atoms with van der Waals surface area (Å²) in [4.78, 5) is 4.19. The summed E-state index contributed by atoms with van der Waals surface area (Å²) in [5, 5.41) is 25.1. The number of nitrogens with zero attached hydrogens (tertiary/aromatic N) is 3. The molecule has 126 valence electrons. The molecule has 0 saturated carbocycles. The molecule has 7 heteroatoms. The third kappa shape index (κ3) is 3.32. The van der Waals surface area contributed by atoms with Crippen molar-refractivity contribution in [3.8, 4) is 12.1 Å². The summed E-state index contributed by atoms with van der Waals surface area (Å²) in [5.74, 6) is 0.461. The maximum atomic E-state index is 9.48. The molecule has 0 aromatic heterocycles. The quantitative estimate of drug-likeness (QED) is 0.293. The van der Waals surface area contributed by atoms with Crippen LogP contribution in [0.15, 0.2) is 76.6 Å². The van der Waals surface area contributed by atoms with Crippen molar-refractivity contribution in [3.63, 3.8) is 0 Å². The van der Waals surface area contributed by atoms with Crippen LogP contribution in [0.3, 0.4) is 0 Å². The first-order chi connectivity index (χ1) is 12.6. The number of nitriles is 2. The van der Waals surface area contributed by atoms with E-state index in [4.69, 9.17) is 11.5 Å². The number of nitrogens with one attached hydrogen (secondary N) is 2. The monoisotopic (exact) mass is 341 g/mol. The Balaban J connectivity index is 1.96. The molecule has 1 aliphatic rings. The summed E-state index contributed by atoms with van der Waals surface area (Å²) in [7, 11) is 0. The fraction of sp³-hybridized carbons (Fsp3) is 0. The predicted octanol–water partition coefficient (Wildman–Crippen LogP) is 2.98. The van der Waals surface area contributed by atoms with Crippen LogP contribution in [0.4, 0.5) is 22.7 Å². The van der Waals surface area contributed by atoms with E-state index in [1.807, 2.05) is 30.3 Å². The SMILES string of the molecule is N#CC(/C=C(\C#N)C(N)=Nc1ccccc1N)=C1Nc2ccccc2N1. The van der Waals surface area contributed by atoms with E-state index in [2.05, 4.69) is 21.7 Å². The van der Waals surface area contributed by atoms with E-state index < -0.39 is 0 Å². The zero-order chi connectivity index (χ0) is 18.5.